The molecule has 0 aromatic carbocycles. The fourth-order valence-corrected chi connectivity index (χ4v) is 2.98. The summed E-state index contributed by atoms with van der Waals surface area (Å²) in [6.07, 6.45) is 3.78. The summed E-state index contributed by atoms with van der Waals surface area (Å²) in [5.41, 5.74) is 5.74. The molecule has 3 N–H and O–H groups in total. The average molecular weight is 335 g/mol. The van der Waals surface area contributed by atoms with E-state index in [1.165, 1.54) is 19.3 Å². The van der Waals surface area contributed by atoms with Gasteiger partial charge in [0.05, 0.1) is 13.2 Å². The van der Waals surface area contributed by atoms with Crippen molar-refractivity contribution < 1.29 is 9.53 Å². The minimum Gasteiger partial charge on any atom is -0.378 e. The Kier molecular flexibility index (Phi) is 5.76. The number of anilines is 2. The van der Waals surface area contributed by atoms with Crippen LogP contribution in [0.15, 0.2) is 0 Å². The second-order valence-corrected chi connectivity index (χ2v) is 6.07. The van der Waals surface area contributed by atoms with Crippen molar-refractivity contribution in [2.45, 2.75) is 19.3 Å². The van der Waals surface area contributed by atoms with Gasteiger partial charge in [-0.3, -0.25) is 4.79 Å². The summed E-state index contributed by atoms with van der Waals surface area (Å²) in [6, 6.07) is 0. The largest absolute Gasteiger partial charge is 0.378 e. The molecule has 2 aliphatic rings. The van der Waals surface area contributed by atoms with E-state index in [-0.39, 0.29) is 17.7 Å². The lowest BCUT2D eigenvalue weighted by Crippen LogP contribution is -2.39. The minimum atomic E-state index is -0.310. The van der Waals surface area contributed by atoms with Crippen LogP contribution in [0, 0.1) is 0 Å². The van der Waals surface area contributed by atoms with Crippen LogP contribution in [0.5, 0.6) is 0 Å². The summed E-state index contributed by atoms with van der Waals surface area (Å²) in [5, 5.41) is 2.87. The first kappa shape index (κ1) is 16.8. The zero-order chi connectivity index (χ0) is 16.8. The van der Waals surface area contributed by atoms with Gasteiger partial charge in [0.25, 0.3) is 5.91 Å². The number of amides is 1. The molecule has 0 atom stereocenters. The van der Waals surface area contributed by atoms with Gasteiger partial charge in [0.15, 0.2) is 0 Å². The number of nitrogen functional groups attached to an aromatic ring is 1. The van der Waals surface area contributed by atoms with Gasteiger partial charge in [0.2, 0.25) is 17.7 Å². The normalized spacial score (nSPS) is 19.2. The van der Waals surface area contributed by atoms with Crippen LogP contribution < -0.4 is 16.0 Å². The van der Waals surface area contributed by atoms with Crippen molar-refractivity contribution in [1.82, 2.24) is 25.2 Å². The molecule has 9 heteroatoms. The fraction of sp³-hybridized carbons (Fsp3) is 0.733. The number of aromatic nitrogens is 3. The van der Waals surface area contributed by atoms with Crippen LogP contribution in [0.1, 0.15) is 29.9 Å². The summed E-state index contributed by atoms with van der Waals surface area (Å²) < 4.78 is 5.31. The summed E-state index contributed by atoms with van der Waals surface area (Å²) in [7, 11) is 0. The van der Waals surface area contributed by atoms with E-state index in [1.54, 1.807) is 0 Å². The Labute approximate surface area is 141 Å². The van der Waals surface area contributed by atoms with Gasteiger partial charge in [0, 0.05) is 26.2 Å². The van der Waals surface area contributed by atoms with Crippen LogP contribution in [0.25, 0.3) is 0 Å². The van der Waals surface area contributed by atoms with Crippen molar-refractivity contribution >= 4 is 17.8 Å². The molecule has 0 aliphatic carbocycles. The van der Waals surface area contributed by atoms with Crippen LogP contribution in [-0.2, 0) is 4.74 Å². The highest BCUT2D eigenvalue weighted by Gasteiger charge is 2.19. The van der Waals surface area contributed by atoms with E-state index in [0.29, 0.717) is 38.8 Å². The maximum atomic E-state index is 12.3. The van der Waals surface area contributed by atoms with Crippen LogP contribution >= 0.6 is 0 Å². The summed E-state index contributed by atoms with van der Waals surface area (Å²) >= 11 is 0. The van der Waals surface area contributed by atoms with Crippen molar-refractivity contribution in [1.29, 1.82) is 0 Å². The van der Waals surface area contributed by atoms with E-state index in [2.05, 4.69) is 25.2 Å². The Bertz CT molecular complexity index is 557. The van der Waals surface area contributed by atoms with Gasteiger partial charge in [0.1, 0.15) is 0 Å². The van der Waals surface area contributed by atoms with E-state index in [4.69, 9.17) is 10.5 Å². The highest BCUT2D eigenvalue weighted by atomic mass is 16.5. The number of carbonyl (C=O) groups is 1. The van der Waals surface area contributed by atoms with Gasteiger partial charge in [-0.1, -0.05) is 6.42 Å². The van der Waals surface area contributed by atoms with E-state index < -0.39 is 0 Å². The molecule has 9 nitrogen and oxygen atoms in total. The van der Waals surface area contributed by atoms with E-state index in [1.807, 2.05) is 4.90 Å². The molecule has 0 bridgehead atoms. The zero-order valence-electron chi connectivity index (χ0n) is 13.9. The number of likely N-dealkylation sites (tertiary alicyclic amines) is 1. The van der Waals surface area contributed by atoms with Gasteiger partial charge in [-0.15, -0.1) is 0 Å². The molecule has 2 saturated heterocycles. The SMILES string of the molecule is Nc1nc(C(=O)NCCN2CCCCC2)nc(N2CCOCC2)n1. The van der Waals surface area contributed by atoms with Gasteiger partial charge < -0.3 is 25.6 Å². The molecule has 2 aliphatic heterocycles. The van der Waals surface area contributed by atoms with Crippen molar-refractivity contribution in [3.63, 3.8) is 0 Å². The van der Waals surface area contributed by atoms with Crippen LogP contribution in [0.2, 0.25) is 0 Å². The van der Waals surface area contributed by atoms with Gasteiger partial charge in [-0.2, -0.15) is 15.0 Å². The van der Waals surface area contributed by atoms with E-state index in [0.717, 1.165) is 19.6 Å². The number of piperidine rings is 1. The van der Waals surface area contributed by atoms with Gasteiger partial charge in [-0.25, -0.2) is 0 Å². The Morgan fingerprint density at radius 1 is 1.08 bits per heavy atom. The second kappa shape index (κ2) is 8.20. The molecular weight excluding hydrogens is 310 g/mol. The number of morpholine rings is 1. The number of hydrogen-bond donors (Lipinski definition) is 2. The minimum absolute atomic E-state index is 0.0627. The van der Waals surface area contributed by atoms with Gasteiger partial charge in [-0.05, 0) is 25.9 Å². The van der Waals surface area contributed by atoms with E-state index in [9.17, 15) is 4.79 Å². The molecule has 1 amide bonds. The first-order valence-electron chi connectivity index (χ1n) is 8.57. The standard InChI is InChI=1S/C15H25N7O2/c16-14-18-12(19-15(20-14)22-8-10-24-11-9-22)13(23)17-4-7-21-5-2-1-3-6-21/h1-11H2,(H,17,23)(H2,16,18,19,20). The van der Waals surface area contributed by atoms with Gasteiger partial charge >= 0.3 is 0 Å². The summed E-state index contributed by atoms with van der Waals surface area (Å²) in [4.78, 5) is 29.0. The van der Waals surface area contributed by atoms with Crippen molar-refractivity contribution in [3.8, 4) is 0 Å². The molecule has 0 unspecified atom stereocenters. The van der Waals surface area contributed by atoms with E-state index >= 15 is 0 Å². The highest BCUT2D eigenvalue weighted by Crippen LogP contribution is 2.11. The third kappa shape index (κ3) is 4.51. The lowest BCUT2D eigenvalue weighted by Gasteiger charge is -2.27. The Hall–Kier alpha value is -2.00. The van der Waals surface area contributed by atoms with Crippen LogP contribution in [-0.4, -0.2) is 78.2 Å². The lowest BCUT2D eigenvalue weighted by molar-refractivity contribution is 0.0935. The average Bonchev–Trinajstić information content (AvgIpc) is 2.63. The number of ether oxygens (including phenoxy) is 1. The number of hydrogen-bond acceptors (Lipinski definition) is 8. The van der Waals surface area contributed by atoms with Crippen LogP contribution in [0.4, 0.5) is 11.9 Å². The first-order chi connectivity index (χ1) is 11.7. The summed E-state index contributed by atoms with van der Waals surface area (Å²) in [5.74, 6) is 0.262. The third-order valence-corrected chi connectivity index (χ3v) is 4.30. The molecule has 3 heterocycles. The Morgan fingerprint density at radius 2 is 1.83 bits per heavy atom. The molecule has 3 rings (SSSR count). The predicted octanol–water partition coefficient (Wildman–Crippen LogP) is -0.494. The number of rotatable bonds is 5. The maximum Gasteiger partial charge on any atom is 0.289 e. The zero-order valence-corrected chi connectivity index (χ0v) is 13.9. The Morgan fingerprint density at radius 3 is 2.58 bits per heavy atom. The molecular formula is C15H25N7O2. The topological polar surface area (TPSA) is 109 Å². The number of nitrogens with zero attached hydrogens (tertiary/aromatic N) is 5. The maximum absolute atomic E-state index is 12.3. The number of nitrogens with two attached hydrogens (primary N) is 1. The second-order valence-electron chi connectivity index (χ2n) is 6.07. The summed E-state index contributed by atoms with van der Waals surface area (Å²) in [6.45, 7) is 6.23. The highest BCUT2D eigenvalue weighted by molar-refractivity contribution is 5.90. The predicted molar refractivity (Wildman–Crippen MR) is 89.9 cm³/mol. The monoisotopic (exact) mass is 335 g/mol. The molecule has 1 aromatic heterocycles. The Balaban J connectivity index is 1.56. The molecule has 24 heavy (non-hydrogen) atoms. The van der Waals surface area contributed by atoms with Crippen molar-refractivity contribution in [3.05, 3.63) is 5.82 Å². The number of nitrogens with one attached hydrogen (secondary N) is 1. The third-order valence-electron chi connectivity index (χ3n) is 4.30. The first-order valence-corrected chi connectivity index (χ1v) is 8.57. The van der Waals surface area contributed by atoms with Crippen molar-refractivity contribution in [2.24, 2.45) is 0 Å². The molecule has 2 fully saturated rings. The molecule has 132 valence electrons. The van der Waals surface area contributed by atoms with Crippen LogP contribution in [0.3, 0.4) is 0 Å². The fourth-order valence-electron chi connectivity index (χ4n) is 2.98. The molecule has 0 spiro atoms. The van der Waals surface area contributed by atoms with Crippen molar-refractivity contribution in [2.75, 3.05) is 63.1 Å². The molecule has 0 radical (unpaired) electrons. The smallest absolute Gasteiger partial charge is 0.289 e. The number of carbonyl (C=O) groups excluding carboxylic acids is 1. The molecule has 0 saturated carbocycles. The lowest BCUT2D eigenvalue weighted by atomic mass is 10.1. The quantitative estimate of drug-likeness (QED) is 0.741. The molecule has 1 aromatic rings.